The van der Waals surface area contributed by atoms with Crippen LogP contribution in [0.5, 0.6) is 11.5 Å². The van der Waals surface area contributed by atoms with Gasteiger partial charge in [-0.25, -0.2) is 9.18 Å². The number of carbonyl (C=O) groups is 2. The van der Waals surface area contributed by atoms with Gasteiger partial charge in [0, 0.05) is 5.56 Å². The molecule has 1 aliphatic heterocycles. The van der Waals surface area contributed by atoms with Gasteiger partial charge < -0.3 is 10.1 Å². The van der Waals surface area contributed by atoms with Crippen molar-refractivity contribution in [3.8, 4) is 11.5 Å². The van der Waals surface area contributed by atoms with Gasteiger partial charge in [-0.15, -0.1) is 0 Å². The maximum Gasteiger partial charge on any atom is 0.325 e. The standard InChI is InChI=1S/C24H21FN2O3/c1-2-24(18-12-14-19(25)15-13-18)22(28)27(23(29)26-24)16-17-8-6-7-11-21(17)30-20-9-4-3-5-10-20/h3-15H,2,16H2,1H3,(H,26,29)/t24-/m0/s1. The van der Waals surface area contributed by atoms with Crippen molar-refractivity contribution in [3.63, 3.8) is 0 Å². The van der Waals surface area contributed by atoms with Crippen LogP contribution in [-0.4, -0.2) is 16.8 Å². The molecular formula is C24H21FN2O3. The summed E-state index contributed by atoms with van der Waals surface area (Å²) in [6, 6.07) is 21.8. The summed E-state index contributed by atoms with van der Waals surface area (Å²) < 4.78 is 19.3. The second kappa shape index (κ2) is 7.99. The Morgan fingerprint density at radius 2 is 1.60 bits per heavy atom. The first-order valence-corrected chi connectivity index (χ1v) is 9.74. The fourth-order valence-corrected chi connectivity index (χ4v) is 3.66. The maximum atomic E-state index is 13.4. The van der Waals surface area contributed by atoms with E-state index in [9.17, 15) is 14.0 Å². The molecular weight excluding hydrogens is 383 g/mol. The van der Waals surface area contributed by atoms with Gasteiger partial charge in [-0.3, -0.25) is 9.69 Å². The third-order valence-corrected chi connectivity index (χ3v) is 5.32. The molecule has 5 nitrogen and oxygen atoms in total. The highest BCUT2D eigenvalue weighted by molar-refractivity contribution is 6.07. The minimum Gasteiger partial charge on any atom is -0.457 e. The number of imide groups is 1. The maximum absolute atomic E-state index is 13.4. The van der Waals surface area contributed by atoms with Crippen LogP contribution >= 0.6 is 0 Å². The minimum atomic E-state index is -1.21. The predicted octanol–water partition coefficient (Wildman–Crippen LogP) is 4.98. The molecule has 0 radical (unpaired) electrons. The highest BCUT2D eigenvalue weighted by Gasteiger charge is 2.51. The normalized spacial score (nSPS) is 18.4. The van der Waals surface area contributed by atoms with E-state index in [4.69, 9.17) is 4.74 Å². The number of nitrogens with one attached hydrogen (secondary N) is 1. The first kappa shape index (κ1) is 19.6. The average molecular weight is 404 g/mol. The van der Waals surface area contributed by atoms with Crippen molar-refractivity contribution in [1.82, 2.24) is 10.2 Å². The summed E-state index contributed by atoms with van der Waals surface area (Å²) in [7, 11) is 0. The van der Waals surface area contributed by atoms with Gasteiger partial charge in [-0.2, -0.15) is 0 Å². The molecule has 30 heavy (non-hydrogen) atoms. The van der Waals surface area contributed by atoms with Crippen LogP contribution < -0.4 is 10.1 Å². The highest BCUT2D eigenvalue weighted by atomic mass is 19.1. The van der Waals surface area contributed by atoms with Crippen LogP contribution in [0.2, 0.25) is 0 Å². The van der Waals surface area contributed by atoms with Gasteiger partial charge in [0.1, 0.15) is 22.9 Å². The summed E-state index contributed by atoms with van der Waals surface area (Å²) in [5.41, 5.74) is 0.0527. The zero-order valence-electron chi connectivity index (χ0n) is 16.5. The number of para-hydroxylation sites is 2. The summed E-state index contributed by atoms with van der Waals surface area (Å²) in [5, 5.41) is 2.82. The first-order valence-electron chi connectivity index (χ1n) is 9.74. The van der Waals surface area contributed by atoms with E-state index >= 15 is 0 Å². The van der Waals surface area contributed by atoms with Crippen molar-refractivity contribution in [3.05, 3.63) is 95.8 Å². The molecule has 6 heteroatoms. The van der Waals surface area contributed by atoms with E-state index in [0.29, 0.717) is 29.0 Å². The molecule has 0 aliphatic carbocycles. The molecule has 0 saturated carbocycles. The lowest BCUT2D eigenvalue weighted by Crippen LogP contribution is -2.43. The van der Waals surface area contributed by atoms with Crippen molar-refractivity contribution < 1.29 is 18.7 Å². The van der Waals surface area contributed by atoms with E-state index in [1.165, 1.54) is 29.2 Å². The third kappa shape index (κ3) is 3.52. The number of ether oxygens (including phenoxy) is 1. The molecule has 3 amide bonds. The quantitative estimate of drug-likeness (QED) is 0.590. The van der Waals surface area contributed by atoms with E-state index in [0.717, 1.165) is 0 Å². The van der Waals surface area contributed by atoms with Crippen molar-refractivity contribution in [1.29, 1.82) is 0 Å². The van der Waals surface area contributed by atoms with Crippen molar-refractivity contribution >= 4 is 11.9 Å². The van der Waals surface area contributed by atoms with Crippen LogP contribution in [-0.2, 0) is 16.9 Å². The van der Waals surface area contributed by atoms with Crippen molar-refractivity contribution in [2.45, 2.75) is 25.4 Å². The Hall–Kier alpha value is -3.67. The molecule has 1 fully saturated rings. The highest BCUT2D eigenvalue weighted by Crippen LogP contribution is 2.34. The summed E-state index contributed by atoms with van der Waals surface area (Å²) in [6.07, 6.45) is 0.349. The number of urea groups is 1. The predicted molar refractivity (Wildman–Crippen MR) is 110 cm³/mol. The Morgan fingerprint density at radius 1 is 0.933 bits per heavy atom. The Bertz CT molecular complexity index is 1070. The van der Waals surface area contributed by atoms with Crippen LogP contribution in [0.15, 0.2) is 78.9 Å². The molecule has 3 aromatic rings. The molecule has 0 unspecified atom stereocenters. The number of carbonyl (C=O) groups excluding carboxylic acids is 2. The number of hydrogen-bond acceptors (Lipinski definition) is 3. The SMILES string of the molecule is CC[C@@]1(c2ccc(F)cc2)NC(=O)N(Cc2ccccc2Oc2ccccc2)C1=O. The number of halogens is 1. The molecule has 0 aromatic heterocycles. The largest absolute Gasteiger partial charge is 0.457 e. The monoisotopic (exact) mass is 404 g/mol. The number of amides is 3. The fraction of sp³-hybridized carbons (Fsp3) is 0.167. The lowest BCUT2D eigenvalue weighted by atomic mass is 9.87. The summed E-state index contributed by atoms with van der Waals surface area (Å²) >= 11 is 0. The van der Waals surface area contributed by atoms with E-state index < -0.39 is 17.4 Å². The smallest absolute Gasteiger partial charge is 0.325 e. The topological polar surface area (TPSA) is 58.6 Å². The average Bonchev–Trinajstić information content (AvgIpc) is 3.01. The summed E-state index contributed by atoms with van der Waals surface area (Å²) in [4.78, 5) is 27.3. The molecule has 4 rings (SSSR count). The van der Waals surface area contributed by atoms with Gasteiger partial charge in [0.25, 0.3) is 5.91 Å². The molecule has 1 saturated heterocycles. The summed E-state index contributed by atoms with van der Waals surface area (Å²) in [6.45, 7) is 1.88. The Balaban J connectivity index is 1.62. The first-order chi connectivity index (χ1) is 14.5. The molecule has 1 atom stereocenters. The number of hydrogen-bond donors (Lipinski definition) is 1. The van der Waals surface area contributed by atoms with Gasteiger partial charge in [-0.1, -0.05) is 55.5 Å². The van der Waals surface area contributed by atoms with E-state index in [1.807, 2.05) is 55.5 Å². The minimum absolute atomic E-state index is 0.0661. The van der Waals surface area contributed by atoms with Crippen LogP contribution in [0, 0.1) is 5.82 Å². The van der Waals surface area contributed by atoms with Gasteiger partial charge in [-0.05, 0) is 42.3 Å². The number of benzene rings is 3. The second-order valence-corrected chi connectivity index (χ2v) is 7.11. The van der Waals surface area contributed by atoms with E-state index in [1.54, 1.807) is 6.07 Å². The molecule has 152 valence electrons. The Kier molecular flexibility index (Phi) is 5.23. The molecule has 1 N–H and O–H groups in total. The lowest BCUT2D eigenvalue weighted by Gasteiger charge is -2.26. The van der Waals surface area contributed by atoms with Crippen molar-refractivity contribution in [2.24, 2.45) is 0 Å². The Morgan fingerprint density at radius 3 is 2.30 bits per heavy atom. The van der Waals surface area contributed by atoms with Crippen LogP contribution in [0.3, 0.4) is 0 Å². The van der Waals surface area contributed by atoms with Gasteiger partial charge in [0.2, 0.25) is 0 Å². The van der Waals surface area contributed by atoms with Crippen LogP contribution in [0.1, 0.15) is 24.5 Å². The fourth-order valence-electron chi connectivity index (χ4n) is 3.66. The number of rotatable bonds is 6. The second-order valence-electron chi connectivity index (χ2n) is 7.11. The Labute approximate surface area is 174 Å². The van der Waals surface area contributed by atoms with Crippen LogP contribution in [0.25, 0.3) is 0 Å². The van der Waals surface area contributed by atoms with E-state index in [-0.39, 0.29) is 12.5 Å². The zero-order chi connectivity index (χ0) is 21.1. The molecule has 1 heterocycles. The summed E-state index contributed by atoms with van der Waals surface area (Å²) in [5.74, 6) is 0.471. The van der Waals surface area contributed by atoms with Crippen molar-refractivity contribution in [2.75, 3.05) is 0 Å². The van der Waals surface area contributed by atoms with Gasteiger partial charge >= 0.3 is 6.03 Å². The zero-order valence-corrected chi connectivity index (χ0v) is 16.5. The molecule has 3 aromatic carbocycles. The lowest BCUT2D eigenvalue weighted by molar-refractivity contribution is -0.132. The molecule has 0 bridgehead atoms. The third-order valence-electron chi connectivity index (χ3n) is 5.32. The molecule has 0 spiro atoms. The van der Waals surface area contributed by atoms with Gasteiger partial charge in [0.15, 0.2) is 0 Å². The number of nitrogens with zero attached hydrogens (tertiary/aromatic N) is 1. The molecule has 1 aliphatic rings. The van der Waals surface area contributed by atoms with Gasteiger partial charge in [0.05, 0.1) is 6.54 Å². The van der Waals surface area contributed by atoms with Crippen LogP contribution in [0.4, 0.5) is 9.18 Å². The van der Waals surface area contributed by atoms with E-state index in [2.05, 4.69) is 5.32 Å².